The summed E-state index contributed by atoms with van der Waals surface area (Å²) in [7, 11) is -2.15. The predicted molar refractivity (Wildman–Crippen MR) is 184 cm³/mol. The van der Waals surface area contributed by atoms with Gasteiger partial charge in [-0.05, 0) is 67.6 Å². The van der Waals surface area contributed by atoms with Crippen LogP contribution in [-0.4, -0.2) is 60.8 Å². The number of aromatic amines is 1. The molecule has 48 heavy (non-hydrogen) atoms. The van der Waals surface area contributed by atoms with Gasteiger partial charge in [-0.15, -0.1) is 0 Å². The van der Waals surface area contributed by atoms with E-state index in [1.165, 1.54) is 0 Å². The fourth-order valence-corrected chi connectivity index (χ4v) is 7.90. The van der Waals surface area contributed by atoms with Crippen LogP contribution in [0.2, 0.25) is 0 Å². The third-order valence-electron chi connectivity index (χ3n) is 8.39. The smallest absolute Gasteiger partial charge is 0.268 e. The molecule has 1 aromatic heterocycles. The molecule has 12 heteroatoms. The van der Waals surface area contributed by atoms with Crippen LogP contribution in [0, 0.1) is 11.8 Å². The molecule has 3 amide bonds. The number of fused-ring (bicyclic) bond motifs is 1. The number of H-pyrrole nitrogens is 1. The number of amides is 3. The van der Waals surface area contributed by atoms with Crippen LogP contribution < -0.4 is 31.3 Å². The van der Waals surface area contributed by atoms with Crippen molar-refractivity contribution in [3.63, 3.8) is 0 Å². The summed E-state index contributed by atoms with van der Waals surface area (Å²) in [5.41, 5.74) is 0.949. The summed E-state index contributed by atoms with van der Waals surface area (Å²) in [6, 6.07) is 22.3. The number of rotatable bonds is 15. The molecule has 3 atom stereocenters. The summed E-state index contributed by atoms with van der Waals surface area (Å²) in [4.78, 5) is 56.7. The van der Waals surface area contributed by atoms with Gasteiger partial charge in [0.25, 0.3) is 13.3 Å². The average molecular weight is 673 g/mol. The third kappa shape index (κ3) is 8.03. The molecule has 3 aromatic carbocycles. The Morgan fingerprint density at radius 1 is 0.917 bits per heavy atom. The molecule has 5 rings (SSSR count). The van der Waals surface area contributed by atoms with E-state index in [2.05, 4.69) is 20.9 Å². The molecule has 1 aliphatic rings. The highest BCUT2D eigenvalue weighted by molar-refractivity contribution is 7.74. The van der Waals surface area contributed by atoms with Crippen molar-refractivity contribution in [3.8, 4) is 5.75 Å². The molecule has 0 bridgehead atoms. The maximum absolute atomic E-state index is 14.4. The van der Waals surface area contributed by atoms with E-state index in [-0.39, 0.29) is 23.9 Å². The Morgan fingerprint density at radius 3 is 2.17 bits per heavy atom. The Kier molecular flexibility index (Phi) is 11.1. The van der Waals surface area contributed by atoms with Crippen LogP contribution >= 0.6 is 7.37 Å². The van der Waals surface area contributed by atoms with Crippen LogP contribution in [0.25, 0.3) is 10.9 Å². The Hall–Kier alpha value is -4.73. The Bertz CT molecular complexity index is 1770. The number of Topliss-reactive ketones (excluding diaryl/α,β-unsaturated/α-hetero) is 1. The minimum absolute atomic E-state index is 0.0181. The molecule has 0 saturated carbocycles. The van der Waals surface area contributed by atoms with Gasteiger partial charge in [0.05, 0.1) is 13.2 Å². The second-order valence-corrected chi connectivity index (χ2v) is 14.7. The molecular weight excluding hydrogens is 631 g/mol. The summed E-state index contributed by atoms with van der Waals surface area (Å²) < 4.78 is 25.8. The number of carbonyl (C=O) groups is 4. The maximum Gasteiger partial charge on any atom is 0.268 e. The summed E-state index contributed by atoms with van der Waals surface area (Å²) >= 11 is 0. The van der Waals surface area contributed by atoms with Crippen LogP contribution in [0.3, 0.4) is 0 Å². The second kappa shape index (κ2) is 15.4. The van der Waals surface area contributed by atoms with Gasteiger partial charge in [-0.2, -0.15) is 0 Å². The first-order chi connectivity index (χ1) is 23.1. The fraction of sp³-hybridized carbons (Fsp3) is 0.333. The molecule has 252 valence electrons. The van der Waals surface area contributed by atoms with Crippen molar-refractivity contribution in [2.24, 2.45) is 11.8 Å². The van der Waals surface area contributed by atoms with Gasteiger partial charge in [-0.3, -0.25) is 23.7 Å². The van der Waals surface area contributed by atoms with Gasteiger partial charge in [0, 0.05) is 34.0 Å². The summed E-state index contributed by atoms with van der Waals surface area (Å²) in [6.45, 7) is 3.74. The summed E-state index contributed by atoms with van der Waals surface area (Å²) in [5.74, 6) is -1.70. The third-order valence-corrected chi connectivity index (χ3v) is 10.8. The van der Waals surface area contributed by atoms with E-state index in [1.54, 1.807) is 86.0 Å². The normalized spacial score (nSPS) is 15.9. The number of ketones is 1. The molecule has 4 N–H and O–H groups in total. The number of hydrogen-bond acceptors (Lipinski definition) is 7. The maximum atomic E-state index is 14.4. The SMILES string of the molecule is COc1cccc2[nH]c(C(=O)N[C@@H](CC(C)C)C(=O)N[C@@H](CC3CCNC3=O)C(=O)COP(=O)(c3ccccc3)c3ccccc3)cc12. The summed E-state index contributed by atoms with van der Waals surface area (Å²) in [6.07, 6.45) is 0.826. The van der Waals surface area contributed by atoms with Crippen molar-refractivity contribution in [3.05, 3.63) is 90.6 Å². The lowest BCUT2D eigenvalue weighted by atomic mass is 9.95. The minimum Gasteiger partial charge on any atom is -0.496 e. The van der Waals surface area contributed by atoms with Crippen LogP contribution in [0.5, 0.6) is 5.75 Å². The molecule has 0 aliphatic carbocycles. The van der Waals surface area contributed by atoms with Crippen molar-refractivity contribution in [1.29, 1.82) is 0 Å². The largest absolute Gasteiger partial charge is 0.496 e. The molecule has 2 heterocycles. The van der Waals surface area contributed by atoms with E-state index in [0.717, 1.165) is 5.39 Å². The van der Waals surface area contributed by atoms with Gasteiger partial charge in [0.2, 0.25) is 11.8 Å². The Labute approximate surface area is 279 Å². The molecule has 4 aromatic rings. The van der Waals surface area contributed by atoms with Crippen molar-refractivity contribution >= 4 is 52.4 Å². The highest BCUT2D eigenvalue weighted by atomic mass is 31.2. The molecule has 11 nitrogen and oxygen atoms in total. The molecule has 1 fully saturated rings. The van der Waals surface area contributed by atoms with Crippen molar-refractivity contribution in [2.45, 2.75) is 45.2 Å². The number of carbonyl (C=O) groups excluding carboxylic acids is 4. The second-order valence-electron chi connectivity index (χ2n) is 12.3. The van der Waals surface area contributed by atoms with E-state index in [0.29, 0.717) is 41.3 Å². The van der Waals surface area contributed by atoms with Crippen molar-refractivity contribution < 1.29 is 33.0 Å². The van der Waals surface area contributed by atoms with E-state index >= 15 is 0 Å². The van der Waals surface area contributed by atoms with Gasteiger partial charge >= 0.3 is 0 Å². The average Bonchev–Trinajstić information content (AvgIpc) is 3.72. The lowest BCUT2D eigenvalue weighted by Crippen LogP contribution is -2.53. The van der Waals surface area contributed by atoms with Crippen LogP contribution in [0.15, 0.2) is 84.9 Å². The Morgan fingerprint density at radius 2 is 1.58 bits per heavy atom. The Balaban J connectivity index is 1.36. The van der Waals surface area contributed by atoms with E-state index in [9.17, 15) is 23.7 Å². The molecule has 1 aliphatic heterocycles. The minimum atomic E-state index is -3.69. The fourth-order valence-electron chi connectivity index (χ4n) is 5.87. The van der Waals surface area contributed by atoms with E-state index in [1.807, 2.05) is 19.9 Å². The van der Waals surface area contributed by atoms with Gasteiger partial charge in [-0.1, -0.05) is 56.3 Å². The number of methoxy groups -OCH3 is 1. The zero-order valence-corrected chi connectivity index (χ0v) is 28.1. The first kappa shape index (κ1) is 34.6. The molecule has 0 radical (unpaired) electrons. The lowest BCUT2D eigenvalue weighted by molar-refractivity contribution is -0.131. The topological polar surface area (TPSA) is 156 Å². The lowest BCUT2D eigenvalue weighted by Gasteiger charge is -2.26. The van der Waals surface area contributed by atoms with Gasteiger partial charge in [0.15, 0.2) is 5.78 Å². The zero-order chi connectivity index (χ0) is 34.3. The van der Waals surface area contributed by atoms with E-state index in [4.69, 9.17) is 9.26 Å². The van der Waals surface area contributed by atoms with Gasteiger partial charge in [-0.25, -0.2) is 0 Å². The number of aromatic nitrogens is 1. The van der Waals surface area contributed by atoms with Crippen LogP contribution in [0.1, 0.15) is 43.6 Å². The van der Waals surface area contributed by atoms with Gasteiger partial charge in [0.1, 0.15) is 24.1 Å². The summed E-state index contributed by atoms with van der Waals surface area (Å²) in [5, 5.41) is 9.97. The highest BCUT2D eigenvalue weighted by Crippen LogP contribution is 2.44. The molecule has 0 spiro atoms. The quantitative estimate of drug-likeness (QED) is 0.140. The zero-order valence-electron chi connectivity index (χ0n) is 27.2. The standard InChI is InChI=1S/C36H41N4O7P/c1-23(2)19-30(40-36(44)31-21-27-28(38-31)15-10-16-33(27)46-3)35(43)39-29(20-24-17-18-37-34(24)42)32(41)22-47-48(45,25-11-6-4-7-12-25)26-13-8-5-9-14-26/h4-16,21,23-24,29-30,38H,17-20,22H2,1-3H3,(H,37,42)(H,39,43)(H,40,44)/t24?,29-,30-/m0/s1. The van der Waals surface area contributed by atoms with Gasteiger partial charge < -0.3 is 30.2 Å². The predicted octanol–water partition coefficient (Wildman–Crippen LogP) is 3.85. The number of hydrogen-bond donors (Lipinski definition) is 4. The monoisotopic (exact) mass is 672 g/mol. The number of ether oxygens (including phenoxy) is 1. The first-order valence-corrected chi connectivity index (χ1v) is 17.6. The van der Waals surface area contributed by atoms with Crippen LogP contribution in [-0.2, 0) is 23.5 Å². The van der Waals surface area contributed by atoms with Crippen molar-refractivity contribution in [2.75, 3.05) is 20.3 Å². The number of benzene rings is 3. The molecular formula is C36H41N4O7P. The van der Waals surface area contributed by atoms with Crippen LogP contribution in [0.4, 0.5) is 0 Å². The van der Waals surface area contributed by atoms with Crippen molar-refractivity contribution in [1.82, 2.24) is 20.9 Å². The molecule has 1 saturated heterocycles. The highest BCUT2D eigenvalue weighted by Gasteiger charge is 2.36. The number of nitrogens with one attached hydrogen (secondary N) is 4. The molecule has 1 unspecified atom stereocenters. The first-order valence-electron chi connectivity index (χ1n) is 16.0. The van der Waals surface area contributed by atoms with E-state index < -0.39 is 49.6 Å².